The summed E-state index contributed by atoms with van der Waals surface area (Å²) in [6, 6.07) is 11.5. The molecule has 3 N–H and O–H groups in total. The van der Waals surface area contributed by atoms with Crippen molar-refractivity contribution in [1.82, 2.24) is 10.6 Å². The third-order valence-corrected chi connectivity index (χ3v) is 3.66. The number of carbonyl (C=O) groups excluding carboxylic acids is 1. The maximum atomic E-state index is 12.9. The summed E-state index contributed by atoms with van der Waals surface area (Å²) in [5.41, 5.74) is 2.63. The minimum absolute atomic E-state index is 0. The lowest BCUT2D eigenvalue weighted by molar-refractivity contribution is -0.115. The molecule has 0 bridgehead atoms. The summed E-state index contributed by atoms with van der Waals surface area (Å²) in [4.78, 5) is 16.1. The Labute approximate surface area is 175 Å². The first kappa shape index (κ1) is 22.7. The van der Waals surface area contributed by atoms with Gasteiger partial charge in [-0.1, -0.05) is 12.1 Å². The normalized spacial score (nSPS) is 10.6. The average Bonchev–Trinajstić information content (AvgIpc) is 2.64. The number of ether oxygens (including phenoxy) is 1. The lowest BCUT2D eigenvalue weighted by Crippen LogP contribution is -2.41. The molecule has 0 unspecified atom stereocenters. The summed E-state index contributed by atoms with van der Waals surface area (Å²) >= 11 is 0. The Balaban J connectivity index is 0.00000364. The Morgan fingerprint density at radius 1 is 1.15 bits per heavy atom. The molecular formula is C19H24FIN4O2. The number of carbonyl (C=O) groups is 1. The van der Waals surface area contributed by atoms with Crippen molar-refractivity contribution in [3.8, 4) is 5.75 Å². The minimum Gasteiger partial charge on any atom is -0.496 e. The molecule has 0 atom stereocenters. The molecule has 0 spiro atoms. The number of hydrogen-bond donors (Lipinski definition) is 3. The second kappa shape index (κ2) is 11.4. The van der Waals surface area contributed by atoms with E-state index >= 15 is 0 Å². The highest BCUT2D eigenvalue weighted by Crippen LogP contribution is 2.19. The van der Waals surface area contributed by atoms with Gasteiger partial charge in [0.1, 0.15) is 11.6 Å². The number of benzene rings is 2. The second-order valence-corrected chi connectivity index (χ2v) is 5.65. The molecule has 0 aromatic heterocycles. The van der Waals surface area contributed by atoms with Gasteiger partial charge in [0.15, 0.2) is 5.96 Å². The number of nitrogens with one attached hydrogen (secondary N) is 3. The molecule has 0 radical (unpaired) electrons. The van der Waals surface area contributed by atoms with Crippen LogP contribution in [0.15, 0.2) is 47.5 Å². The maximum Gasteiger partial charge on any atom is 0.243 e. The molecule has 0 aliphatic heterocycles. The molecule has 0 aliphatic carbocycles. The zero-order chi connectivity index (χ0) is 18.9. The van der Waals surface area contributed by atoms with E-state index in [1.54, 1.807) is 14.2 Å². The summed E-state index contributed by atoms with van der Waals surface area (Å²) in [5, 5.41) is 8.74. The molecule has 2 rings (SSSR count). The van der Waals surface area contributed by atoms with Crippen LogP contribution in [-0.4, -0.2) is 32.6 Å². The fourth-order valence-electron chi connectivity index (χ4n) is 2.30. The Bertz CT molecular complexity index is 782. The van der Waals surface area contributed by atoms with Crippen molar-refractivity contribution < 1.29 is 13.9 Å². The average molecular weight is 486 g/mol. The van der Waals surface area contributed by atoms with E-state index in [2.05, 4.69) is 20.9 Å². The molecule has 2 aromatic rings. The highest BCUT2D eigenvalue weighted by atomic mass is 127. The number of hydrogen-bond acceptors (Lipinski definition) is 3. The Morgan fingerprint density at radius 2 is 1.85 bits per heavy atom. The van der Waals surface area contributed by atoms with E-state index in [1.807, 2.05) is 25.1 Å². The molecule has 8 heteroatoms. The number of methoxy groups -OCH3 is 1. The van der Waals surface area contributed by atoms with Gasteiger partial charge in [-0.05, 0) is 42.8 Å². The van der Waals surface area contributed by atoms with Gasteiger partial charge in [-0.25, -0.2) is 4.39 Å². The number of aryl methyl sites for hydroxylation is 1. The van der Waals surface area contributed by atoms with E-state index in [1.165, 1.54) is 24.3 Å². The summed E-state index contributed by atoms with van der Waals surface area (Å²) in [5.74, 6) is 0.675. The Kier molecular flexibility index (Phi) is 9.55. The quantitative estimate of drug-likeness (QED) is 0.334. The largest absolute Gasteiger partial charge is 0.496 e. The van der Waals surface area contributed by atoms with Crippen molar-refractivity contribution in [1.29, 1.82) is 0 Å². The van der Waals surface area contributed by atoms with Gasteiger partial charge in [0.05, 0.1) is 13.7 Å². The molecule has 6 nitrogen and oxygen atoms in total. The Hall–Kier alpha value is -2.36. The molecular weight excluding hydrogens is 462 g/mol. The third kappa shape index (κ3) is 7.41. The van der Waals surface area contributed by atoms with Crippen LogP contribution in [0.4, 0.5) is 10.1 Å². The molecule has 146 valence electrons. The number of nitrogens with zero attached hydrogens (tertiary/aromatic N) is 1. The third-order valence-electron chi connectivity index (χ3n) is 3.66. The van der Waals surface area contributed by atoms with Crippen LogP contribution in [0, 0.1) is 12.7 Å². The molecule has 0 saturated carbocycles. The standard InChI is InChI=1S/C19H23FN4O2.HI/c1-13-4-5-14(17(10-13)26-3)11-22-19(21-2)23-12-18(25)24-16-8-6-15(20)7-9-16;/h4-10H,11-12H2,1-3H3,(H,24,25)(H2,21,22,23);1H. The number of guanidine groups is 1. The fourth-order valence-corrected chi connectivity index (χ4v) is 2.30. The van der Waals surface area contributed by atoms with Gasteiger partial charge in [-0.3, -0.25) is 9.79 Å². The van der Waals surface area contributed by atoms with Crippen LogP contribution in [0.5, 0.6) is 5.75 Å². The van der Waals surface area contributed by atoms with Crippen LogP contribution < -0.4 is 20.7 Å². The van der Waals surface area contributed by atoms with E-state index < -0.39 is 0 Å². The highest BCUT2D eigenvalue weighted by Gasteiger charge is 2.07. The Morgan fingerprint density at radius 3 is 2.48 bits per heavy atom. The number of anilines is 1. The fraction of sp³-hybridized carbons (Fsp3) is 0.263. The predicted molar refractivity (Wildman–Crippen MR) is 116 cm³/mol. The van der Waals surface area contributed by atoms with Crippen LogP contribution in [0.2, 0.25) is 0 Å². The van der Waals surface area contributed by atoms with E-state index in [-0.39, 0.29) is 42.2 Å². The minimum atomic E-state index is -0.350. The van der Waals surface area contributed by atoms with Gasteiger partial charge in [0.2, 0.25) is 5.91 Å². The van der Waals surface area contributed by atoms with Crippen molar-refractivity contribution in [2.45, 2.75) is 13.5 Å². The van der Waals surface area contributed by atoms with E-state index in [0.29, 0.717) is 18.2 Å². The zero-order valence-electron chi connectivity index (χ0n) is 15.5. The first-order valence-electron chi connectivity index (χ1n) is 8.15. The number of halogens is 2. The number of aliphatic imine (C=N–C) groups is 1. The van der Waals surface area contributed by atoms with Gasteiger partial charge in [0.25, 0.3) is 0 Å². The second-order valence-electron chi connectivity index (χ2n) is 5.65. The van der Waals surface area contributed by atoms with Crippen molar-refractivity contribution in [2.75, 3.05) is 26.0 Å². The maximum absolute atomic E-state index is 12.9. The van der Waals surface area contributed by atoms with Crippen LogP contribution >= 0.6 is 24.0 Å². The van der Waals surface area contributed by atoms with Crippen LogP contribution in [0.25, 0.3) is 0 Å². The smallest absolute Gasteiger partial charge is 0.243 e. The van der Waals surface area contributed by atoms with E-state index in [4.69, 9.17) is 4.74 Å². The molecule has 0 fully saturated rings. The first-order valence-corrected chi connectivity index (χ1v) is 8.15. The summed E-state index contributed by atoms with van der Waals surface area (Å²) in [6.45, 7) is 2.53. The van der Waals surface area contributed by atoms with Crippen LogP contribution in [0.1, 0.15) is 11.1 Å². The van der Waals surface area contributed by atoms with E-state index in [0.717, 1.165) is 16.9 Å². The van der Waals surface area contributed by atoms with Crippen molar-refractivity contribution >= 4 is 41.5 Å². The molecule has 0 heterocycles. The predicted octanol–water partition coefficient (Wildman–Crippen LogP) is 3.06. The van der Waals surface area contributed by atoms with Crippen molar-refractivity contribution in [3.05, 3.63) is 59.4 Å². The lowest BCUT2D eigenvalue weighted by atomic mass is 10.1. The SMILES string of the molecule is CN=C(NCC(=O)Nc1ccc(F)cc1)NCc1ccc(C)cc1OC.I. The molecule has 1 amide bonds. The zero-order valence-corrected chi connectivity index (χ0v) is 17.8. The van der Waals surface area contributed by atoms with Gasteiger partial charge in [0, 0.05) is 24.8 Å². The molecule has 0 aliphatic rings. The molecule has 27 heavy (non-hydrogen) atoms. The first-order chi connectivity index (χ1) is 12.5. The van der Waals surface area contributed by atoms with Gasteiger partial charge >= 0.3 is 0 Å². The van der Waals surface area contributed by atoms with Gasteiger partial charge in [-0.2, -0.15) is 0 Å². The lowest BCUT2D eigenvalue weighted by Gasteiger charge is -2.14. The summed E-state index contributed by atoms with van der Waals surface area (Å²) < 4.78 is 18.2. The van der Waals surface area contributed by atoms with Gasteiger partial charge in [-0.15, -0.1) is 24.0 Å². The summed E-state index contributed by atoms with van der Waals surface area (Å²) in [6.07, 6.45) is 0. The van der Waals surface area contributed by atoms with Crippen LogP contribution in [-0.2, 0) is 11.3 Å². The summed E-state index contributed by atoms with van der Waals surface area (Å²) in [7, 11) is 3.25. The molecule has 0 saturated heterocycles. The topological polar surface area (TPSA) is 74.8 Å². The highest BCUT2D eigenvalue weighted by molar-refractivity contribution is 14.0. The number of amides is 1. The van der Waals surface area contributed by atoms with E-state index in [9.17, 15) is 9.18 Å². The van der Waals surface area contributed by atoms with Gasteiger partial charge < -0.3 is 20.7 Å². The van der Waals surface area contributed by atoms with Crippen molar-refractivity contribution in [2.24, 2.45) is 4.99 Å². The molecule has 2 aromatic carbocycles. The number of rotatable bonds is 6. The monoisotopic (exact) mass is 486 g/mol. The van der Waals surface area contributed by atoms with Crippen LogP contribution in [0.3, 0.4) is 0 Å². The van der Waals surface area contributed by atoms with Crippen molar-refractivity contribution in [3.63, 3.8) is 0 Å².